The number of aromatic nitrogens is 2. The van der Waals surface area contributed by atoms with Crippen LogP contribution >= 0.6 is 12.2 Å². The Labute approximate surface area is 213 Å². The Bertz CT molecular complexity index is 1380. The highest BCUT2D eigenvalue weighted by molar-refractivity contribution is 7.80. The van der Waals surface area contributed by atoms with Crippen LogP contribution in [0, 0.1) is 41.5 Å². The lowest BCUT2D eigenvalue weighted by Gasteiger charge is -2.28. The van der Waals surface area contributed by atoms with Gasteiger partial charge < -0.3 is 14.8 Å². The van der Waals surface area contributed by atoms with E-state index in [-0.39, 0.29) is 12.1 Å². The molecule has 35 heavy (non-hydrogen) atoms. The molecule has 2 aromatic carbocycles. The van der Waals surface area contributed by atoms with Crippen molar-refractivity contribution in [1.29, 1.82) is 0 Å². The maximum absolute atomic E-state index is 5.92. The van der Waals surface area contributed by atoms with Gasteiger partial charge in [-0.05, 0) is 101 Å². The van der Waals surface area contributed by atoms with Crippen molar-refractivity contribution in [3.05, 3.63) is 112 Å². The number of hydrogen-bond acceptors (Lipinski definition) is 2. The van der Waals surface area contributed by atoms with Crippen LogP contribution < -0.4 is 10.2 Å². The normalized spacial score (nSPS) is 17.7. The molecule has 1 aliphatic heterocycles. The van der Waals surface area contributed by atoms with E-state index in [1.807, 2.05) is 18.3 Å². The molecule has 1 N–H and O–H groups in total. The molecule has 0 amide bonds. The van der Waals surface area contributed by atoms with Gasteiger partial charge in [0, 0.05) is 23.3 Å². The molecule has 178 valence electrons. The zero-order chi connectivity index (χ0) is 24.9. The minimum atomic E-state index is -0.0563. The van der Waals surface area contributed by atoms with Crippen LogP contribution in [0.1, 0.15) is 57.0 Å². The lowest BCUT2D eigenvalue weighted by Crippen LogP contribution is -2.29. The Morgan fingerprint density at radius 3 is 2.14 bits per heavy atom. The van der Waals surface area contributed by atoms with Crippen LogP contribution in [0.3, 0.4) is 0 Å². The summed E-state index contributed by atoms with van der Waals surface area (Å²) in [5.41, 5.74) is 12.1. The molecule has 0 saturated carbocycles. The highest BCUT2D eigenvalue weighted by Crippen LogP contribution is 2.44. The number of hydrogen-bond donors (Lipinski definition) is 1. The molecule has 0 unspecified atom stereocenters. The van der Waals surface area contributed by atoms with Crippen molar-refractivity contribution in [2.24, 2.45) is 0 Å². The molecule has 1 saturated heterocycles. The van der Waals surface area contributed by atoms with Crippen molar-refractivity contribution < 1.29 is 0 Å². The van der Waals surface area contributed by atoms with Gasteiger partial charge in [0.25, 0.3) is 0 Å². The Hall–Kier alpha value is -3.44. The Kier molecular flexibility index (Phi) is 5.97. The van der Waals surface area contributed by atoms with Crippen LogP contribution in [-0.4, -0.2) is 14.7 Å². The highest BCUT2D eigenvalue weighted by Gasteiger charge is 2.42. The van der Waals surface area contributed by atoms with Gasteiger partial charge >= 0.3 is 0 Å². The summed E-state index contributed by atoms with van der Waals surface area (Å²) in [7, 11) is 0. The maximum atomic E-state index is 5.92. The molecule has 3 heterocycles. The van der Waals surface area contributed by atoms with E-state index in [1.165, 1.54) is 44.9 Å². The Morgan fingerprint density at radius 1 is 0.829 bits per heavy atom. The lowest BCUT2D eigenvalue weighted by molar-refractivity contribution is 0.565. The van der Waals surface area contributed by atoms with Gasteiger partial charge in [-0.2, -0.15) is 0 Å². The first kappa shape index (κ1) is 23.3. The number of nitrogens with one attached hydrogen (secondary N) is 1. The summed E-state index contributed by atoms with van der Waals surface area (Å²) in [6.45, 7) is 13.1. The minimum Gasteiger partial charge on any atom is -0.351 e. The molecule has 0 spiro atoms. The van der Waals surface area contributed by atoms with E-state index in [1.54, 1.807) is 0 Å². The third kappa shape index (κ3) is 4.04. The second-order valence-electron chi connectivity index (χ2n) is 9.74. The van der Waals surface area contributed by atoms with Gasteiger partial charge in [0.2, 0.25) is 0 Å². The first-order valence-corrected chi connectivity index (χ1v) is 12.5. The van der Waals surface area contributed by atoms with E-state index >= 15 is 0 Å². The number of benzene rings is 2. The SMILES string of the molecule is Cc1ccc(N2C(=S)N[C@H](c3ccccn3)[C@@H]2c2cc(C)n(-c3c(C)cc(C)cc3C)c2C)cc1. The van der Waals surface area contributed by atoms with E-state index in [0.717, 1.165) is 16.5 Å². The summed E-state index contributed by atoms with van der Waals surface area (Å²) in [6, 6.07) is 21.5. The summed E-state index contributed by atoms with van der Waals surface area (Å²) >= 11 is 5.92. The zero-order valence-corrected chi connectivity index (χ0v) is 22.1. The summed E-state index contributed by atoms with van der Waals surface area (Å²) < 4.78 is 2.41. The number of nitrogens with zero attached hydrogens (tertiary/aromatic N) is 3. The third-order valence-electron chi connectivity index (χ3n) is 7.06. The first-order valence-electron chi connectivity index (χ1n) is 12.1. The summed E-state index contributed by atoms with van der Waals surface area (Å²) in [6.07, 6.45) is 1.86. The summed E-state index contributed by atoms with van der Waals surface area (Å²) in [4.78, 5) is 6.97. The standard InChI is InChI=1S/C30H32N4S/c1-18-10-12-24(13-11-18)34-29(27(32-30(34)35)26-9-7-8-14-31-26)25-17-22(5)33(23(25)6)28-20(3)15-19(2)16-21(28)4/h7-17,27,29H,1-6H3,(H,32,35)/t27-,29+/m1/s1. The average Bonchev–Trinajstić information content (AvgIpc) is 3.30. The fourth-order valence-electron chi connectivity index (χ4n) is 5.61. The predicted octanol–water partition coefficient (Wildman–Crippen LogP) is 6.90. The second kappa shape index (κ2) is 8.97. The molecule has 2 atom stereocenters. The van der Waals surface area contributed by atoms with Crippen LogP contribution in [-0.2, 0) is 0 Å². The van der Waals surface area contributed by atoms with E-state index < -0.39 is 0 Å². The van der Waals surface area contributed by atoms with Crippen LogP contribution in [0.2, 0.25) is 0 Å². The average molecular weight is 481 g/mol. The fraction of sp³-hybridized carbons (Fsp3) is 0.267. The molecule has 1 fully saturated rings. The fourth-order valence-corrected chi connectivity index (χ4v) is 5.96. The van der Waals surface area contributed by atoms with Crippen molar-refractivity contribution in [3.8, 4) is 5.69 Å². The van der Waals surface area contributed by atoms with Gasteiger partial charge in [0.05, 0.1) is 23.5 Å². The number of anilines is 1. The van der Waals surface area contributed by atoms with Crippen LogP contribution in [0.5, 0.6) is 0 Å². The maximum Gasteiger partial charge on any atom is 0.174 e. The molecule has 4 aromatic rings. The van der Waals surface area contributed by atoms with Crippen LogP contribution in [0.15, 0.2) is 66.9 Å². The van der Waals surface area contributed by atoms with E-state index in [4.69, 9.17) is 17.2 Å². The molecule has 4 nitrogen and oxygen atoms in total. The zero-order valence-electron chi connectivity index (χ0n) is 21.3. The molecule has 5 heteroatoms. The van der Waals surface area contributed by atoms with Gasteiger partial charge in [-0.3, -0.25) is 4.98 Å². The molecule has 5 rings (SSSR count). The molecule has 0 aliphatic carbocycles. The first-order chi connectivity index (χ1) is 16.8. The van der Waals surface area contributed by atoms with Crippen molar-refractivity contribution in [2.75, 3.05) is 4.90 Å². The number of thiocarbonyl (C=S) groups is 1. The molecule has 0 bridgehead atoms. The predicted molar refractivity (Wildman–Crippen MR) is 149 cm³/mol. The van der Waals surface area contributed by atoms with Crippen molar-refractivity contribution in [1.82, 2.24) is 14.9 Å². The van der Waals surface area contributed by atoms with E-state index in [0.29, 0.717) is 0 Å². The lowest BCUT2D eigenvalue weighted by atomic mass is 9.96. The van der Waals surface area contributed by atoms with Gasteiger partial charge in [-0.15, -0.1) is 0 Å². The molecular weight excluding hydrogens is 448 g/mol. The minimum absolute atomic E-state index is 0.0221. The molecule has 0 radical (unpaired) electrons. The monoisotopic (exact) mass is 480 g/mol. The Balaban J connectivity index is 1.71. The van der Waals surface area contributed by atoms with Gasteiger partial charge in [-0.25, -0.2) is 0 Å². The number of rotatable bonds is 4. The van der Waals surface area contributed by atoms with Crippen molar-refractivity contribution >= 4 is 23.0 Å². The van der Waals surface area contributed by atoms with Crippen molar-refractivity contribution in [2.45, 2.75) is 53.6 Å². The smallest absolute Gasteiger partial charge is 0.174 e. The van der Waals surface area contributed by atoms with Crippen LogP contribution in [0.4, 0.5) is 5.69 Å². The second-order valence-corrected chi connectivity index (χ2v) is 10.1. The molecule has 1 aliphatic rings. The summed E-state index contributed by atoms with van der Waals surface area (Å²) in [5, 5.41) is 4.32. The third-order valence-corrected chi connectivity index (χ3v) is 7.37. The van der Waals surface area contributed by atoms with E-state index in [2.05, 4.69) is 105 Å². The van der Waals surface area contributed by atoms with Gasteiger partial charge in [-0.1, -0.05) is 41.5 Å². The van der Waals surface area contributed by atoms with Gasteiger partial charge in [0.15, 0.2) is 5.11 Å². The molecule has 2 aromatic heterocycles. The van der Waals surface area contributed by atoms with E-state index in [9.17, 15) is 0 Å². The summed E-state index contributed by atoms with van der Waals surface area (Å²) in [5.74, 6) is 0. The Morgan fingerprint density at radius 2 is 1.51 bits per heavy atom. The van der Waals surface area contributed by atoms with Crippen molar-refractivity contribution in [3.63, 3.8) is 0 Å². The number of pyridine rings is 1. The van der Waals surface area contributed by atoms with Gasteiger partial charge in [0.1, 0.15) is 0 Å². The quantitative estimate of drug-likeness (QED) is 0.322. The number of aryl methyl sites for hydroxylation is 5. The van der Waals surface area contributed by atoms with Crippen LogP contribution in [0.25, 0.3) is 5.69 Å². The largest absolute Gasteiger partial charge is 0.351 e. The molecular formula is C30H32N4S. The highest BCUT2D eigenvalue weighted by atomic mass is 32.1. The topological polar surface area (TPSA) is 33.1 Å².